The van der Waals surface area contributed by atoms with Gasteiger partial charge in [-0.1, -0.05) is 41.9 Å². The molecular formula is C23H21ClFNO5S. The molecule has 1 aromatic heterocycles. The number of sulfone groups is 1. The zero-order valence-corrected chi connectivity index (χ0v) is 19.0. The second-order valence-electron chi connectivity index (χ2n) is 7.83. The molecule has 6 nitrogen and oxygen atoms in total. The minimum atomic E-state index is -3.83. The molecular weight excluding hydrogens is 457 g/mol. The number of rotatable bonds is 6. The number of carbonyl (C=O) groups excluding carboxylic acids is 1. The molecule has 1 aliphatic rings. The van der Waals surface area contributed by atoms with Crippen molar-refractivity contribution in [3.63, 3.8) is 0 Å². The summed E-state index contributed by atoms with van der Waals surface area (Å²) in [6.07, 6.45) is 3.80. The van der Waals surface area contributed by atoms with Gasteiger partial charge in [0, 0.05) is 29.1 Å². The predicted octanol–water partition coefficient (Wildman–Crippen LogP) is 4.44. The van der Waals surface area contributed by atoms with Gasteiger partial charge in [-0.15, -0.1) is 0 Å². The number of halogens is 2. The molecule has 1 saturated carbocycles. The van der Waals surface area contributed by atoms with Gasteiger partial charge in [0.05, 0.1) is 17.5 Å². The van der Waals surface area contributed by atoms with Crippen LogP contribution in [0.4, 0.5) is 4.39 Å². The van der Waals surface area contributed by atoms with Crippen LogP contribution in [0.1, 0.15) is 52.5 Å². The first-order valence-corrected chi connectivity index (χ1v) is 12.5. The van der Waals surface area contributed by atoms with Gasteiger partial charge < -0.3 is 9.30 Å². The number of fused-ring (bicyclic) bond motifs is 1. The molecule has 0 radical (unpaired) electrons. The Balaban J connectivity index is 2.07. The maximum atomic E-state index is 16.1. The number of hydrogen-bond donors (Lipinski definition) is 0. The van der Waals surface area contributed by atoms with Gasteiger partial charge in [-0.25, -0.2) is 17.6 Å². The Hall–Kier alpha value is -2.71. The monoisotopic (exact) mass is 477 g/mol. The van der Waals surface area contributed by atoms with Crippen molar-refractivity contribution >= 4 is 38.3 Å². The zero-order valence-electron chi connectivity index (χ0n) is 17.5. The summed E-state index contributed by atoms with van der Waals surface area (Å²) in [7, 11) is -3.83. The number of carbonyl (C=O) groups is 1. The molecule has 1 heterocycles. The van der Waals surface area contributed by atoms with E-state index in [0.29, 0.717) is 5.56 Å². The first-order chi connectivity index (χ1) is 15.1. The Morgan fingerprint density at radius 3 is 2.50 bits per heavy atom. The van der Waals surface area contributed by atoms with Crippen molar-refractivity contribution in [2.75, 3.05) is 12.9 Å². The van der Waals surface area contributed by atoms with Crippen molar-refractivity contribution in [2.45, 2.75) is 31.1 Å². The summed E-state index contributed by atoms with van der Waals surface area (Å²) in [5.74, 6) is -1.68. The lowest BCUT2D eigenvalue weighted by molar-refractivity contribution is 0.0524. The SMILES string of the molecule is CCOC(=O)c1cn(C2CC2)c2c(F)c(C(c3ccccc3)S(C)(=O)=O)c(Cl)cc2c1=O. The number of pyridine rings is 1. The molecule has 0 spiro atoms. The van der Waals surface area contributed by atoms with Crippen molar-refractivity contribution in [3.8, 4) is 0 Å². The Bertz CT molecular complexity index is 1380. The standard InChI is InChI=1S/C23H21ClFNO5S/c1-3-31-23(28)16-12-26(14-9-10-14)20-15(21(16)27)11-17(24)18(19(20)25)22(32(2,29)30)13-7-5-4-6-8-13/h4-8,11-12,14,22H,3,9-10H2,1-2H3. The van der Waals surface area contributed by atoms with E-state index in [1.165, 1.54) is 16.8 Å². The molecule has 9 heteroatoms. The summed E-state index contributed by atoms with van der Waals surface area (Å²) in [5.41, 5.74) is -0.839. The largest absolute Gasteiger partial charge is 0.462 e. The average Bonchev–Trinajstić information content (AvgIpc) is 3.57. The molecule has 168 valence electrons. The third-order valence-corrected chi connectivity index (χ3v) is 7.15. The van der Waals surface area contributed by atoms with Crippen LogP contribution in [0.5, 0.6) is 0 Å². The van der Waals surface area contributed by atoms with E-state index < -0.39 is 32.3 Å². The predicted molar refractivity (Wildman–Crippen MR) is 121 cm³/mol. The molecule has 1 aliphatic carbocycles. The van der Waals surface area contributed by atoms with Crippen LogP contribution in [0.3, 0.4) is 0 Å². The van der Waals surface area contributed by atoms with Crippen molar-refractivity contribution < 1.29 is 22.3 Å². The highest BCUT2D eigenvalue weighted by Gasteiger charge is 2.34. The Labute approximate surface area is 189 Å². The second-order valence-corrected chi connectivity index (χ2v) is 10.4. The number of hydrogen-bond acceptors (Lipinski definition) is 5. The number of benzene rings is 2. The summed E-state index contributed by atoms with van der Waals surface area (Å²) < 4.78 is 48.1. The highest BCUT2D eigenvalue weighted by molar-refractivity contribution is 7.91. The topological polar surface area (TPSA) is 82.4 Å². The van der Waals surface area contributed by atoms with E-state index in [2.05, 4.69) is 0 Å². The van der Waals surface area contributed by atoms with E-state index >= 15 is 4.39 Å². The van der Waals surface area contributed by atoms with Gasteiger partial charge in [-0.3, -0.25) is 4.79 Å². The molecule has 0 amide bonds. The van der Waals surface area contributed by atoms with E-state index in [1.807, 2.05) is 0 Å². The van der Waals surface area contributed by atoms with Gasteiger partial charge in [-0.05, 0) is 31.4 Å². The molecule has 32 heavy (non-hydrogen) atoms. The van der Waals surface area contributed by atoms with Gasteiger partial charge in [0.25, 0.3) is 0 Å². The lowest BCUT2D eigenvalue weighted by Gasteiger charge is -2.21. The number of esters is 1. The summed E-state index contributed by atoms with van der Waals surface area (Å²) >= 11 is 6.40. The van der Waals surface area contributed by atoms with Crippen LogP contribution in [0.25, 0.3) is 10.9 Å². The van der Waals surface area contributed by atoms with Crippen LogP contribution in [0.15, 0.2) is 47.4 Å². The minimum Gasteiger partial charge on any atom is -0.462 e. The first-order valence-electron chi connectivity index (χ1n) is 10.1. The van der Waals surface area contributed by atoms with E-state index in [-0.39, 0.29) is 39.7 Å². The fraction of sp³-hybridized carbons (Fsp3) is 0.304. The maximum Gasteiger partial charge on any atom is 0.343 e. The van der Waals surface area contributed by atoms with Crippen LogP contribution in [-0.4, -0.2) is 31.8 Å². The quantitative estimate of drug-likeness (QED) is 0.490. The fourth-order valence-electron chi connectivity index (χ4n) is 3.95. The Kier molecular flexibility index (Phi) is 5.85. The summed E-state index contributed by atoms with van der Waals surface area (Å²) in [4.78, 5) is 25.4. The van der Waals surface area contributed by atoms with Gasteiger partial charge in [-0.2, -0.15) is 0 Å². The lowest BCUT2D eigenvalue weighted by atomic mass is 10.0. The smallest absolute Gasteiger partial charge is 0.343 e. The van der Waals surface area contributed by atoms with Crippen LogP contribution >= 0.6 is 11.6 Å². The highest BCUT2D eigenvalue weighted by Crippen LogP contribution is 2.42. The van der Waals surface area contributed by atoms with E-state index in [4.69, 9.17) is 16.3 Å². The number of aromatic nitrogens is 1. The molecule has 4 rings (SSSR count). The van der Waals surface area contributed by atoms with Gasteiger partial charge in [0.15, 0.2) is 15.7 Å². The van der Waals surface area contributed by atoms with Crippen molar-refractivity contribution in [1.82, 2.24) is 4.57 Å². The third kappa shape index (κ3) is 3.93. The molecule has 0 saturated heterocycles. The van der Waals surface area contributed by atoms with Crippen LogP contribution in [0, 0.1) is 5.82 Å². The van der Waals surface area contributed by atoms with Gasteiger partial charge in [0.1, 0.15) is 10.8 Å². The van der Waals surface area contributed by atoms with Crippen LogP contribution in [0.2, 0.25) is 5.02 Å². The van der Waals surface area contributed by atoms with Crippen molar-refractivity contribution in [3.05, 3.63) is 80.3 Å². The Morgan fingerprint density at radius 2 is 1.94 bits per heavy atom. The average molecular weight is 478 g/mol. The molecule has 3 aromatic rings. The second kappa shape index (κ2) is 8.33. The van der Waals surface area contributed by atoms with Gasteiger partial charge >= 0.3 is 5.97 Å². The Morgan fingerprint density at radius 1 is 1.28 bits per heavy atom. The summed E-state index contributed by atoms with van der Waals surface area (Å²) in [6.45, 7) is 1.71. The van der Waals surface area contributed by atoms with Gasteiger partial charge in [0.2, 0.25) is 5.43 Å². The van der Waals surface area contributed by atoms with E-state index in [0.717, 1.165) is 19.1 Å². The molecule has 1 fully saturated rings. The summed E-state index contributed by atoms with van der Waals surface area (Å²) in [6, 6.07) is 9.36. The van der Waals surface area contributed by atoms with Crippen LogP contribution < -0.4 is 5.43 Å². The first kappa shape index (κ1) is 22.5. The van der Waals surface area contributed by atoms with E-state index in [9.17, 15) is 18.0 Å². The maximum absolute atomic E-state index is 16.1. The normalized spacial score (nSPS) is 15.0. The molecule has 1 unspecified atom stereocenters. The number of ether oxygens (including phenoxy) is 1. The lowest BCUT2D eigenvalue weighted by Crippen LogP contribution is -2.23. The van der Waals surface area contributed by atoms with E-state index in [1.54, 1.807) is 37.3 Å². The molecule has 0 bridgehead atoms. The fourth-order valence-corrected chi connectivity index (χ4v) is 5.62. The molecule has 2 aromatic carbocycles. The van der Waals surface area contributed by atoms with Crippen molar-refractivity contribution in [2.24, 2.45) is 0 Å². The van der Waals surface area contributed by atoms with Crippen molar-refractivity contribution in [1.29, 1.82) is 0 Å². The number of nitrogens with zero attached hydrogens (tertiary/aromatic N) is 1. The molecule has 0 N–H and O–H groups in total. The third-order valence-electron chi connectivity index (χ3n) is 5.47. The summed E-state index contributed by atoms with van der Waals surface area (Å²) in [5, 5.41) is -1.64. The molecule has 0 aliphatic heterocycles. The zero-order chi connectivity index (χ0) is 23.2. The highest BCUT2D eigenvalue weighted by atomic mass is 35.5. The molecule has 1 atom stereocenters. The van der Waals surface area contributed by atoms with Crippen LogP contribution in [-0.2, 0) is 14.6 Å². The minimum absolute atomic E-state index is 0.0606.